The fourth-order valence-electron chi connectivity index (χ4n) is 2.20. The summed E-state index contributed by atoms with van der Waals surface area (Å²) in [5.41, 5.74) is 9.93. The molecule has 1 aromatic heterocycles. The molecule has 0 atom stereocenters. The highest BCUT2D eigenvalue weighted by Crippen LogP contribution is 2.33. The van der Waals surface area contributed by atoms with E-state index in [0.29, 0.717) is 15.7 Å². The SMILES string of the molecule is Cc1cc(Cl)c(Nc2ccnc3c(N)cccc23)cc1Cl. The van der Waals surface area contributed by atoms with Gasteiger partial charge in [-0.15, -0.1) is 0 Å². The Morgan fingerprint density at radius 2 is 1.86 bits per heavy atom. The number of benzene rings is 2. The molecule has 0 spiro atoms. The van der Waals surface area contributed by atoms with Crippen LogP contribution in [0.25, 0.3) is 10.9 Å². The van der Waals surface area contributed by atoms with Gasteiger partial charge in [0, 0.05) is 22.3 Å². The van der Waals surface area contributed by atoms with E-state index in [0.717, 1.165) is 27.8 Å². The monoisotopic (exact) mass is 317 g/mol. The minimum absolute atomic E-state index is 0.616. The van der Waals surface area contributed by atoms with Gasteiger partial charge in [0.1, 0.15) is 0 Å². The van der Waals surface area contributed by atoms with Crippen LogP contribution in [-0.2, 0) is 0 Å². The number of nitrogen functional groups attached to an aromatic ring is 1. The smallest absolute Gasteiger partial charge is 0.0951 e. The summed E-state index contributed by atoms with van der Waals surface area (Å²) in [4.78, 5) is 4.31. The number of hydrogen-bond acceptors (Lipinski definition) is 3. The average molecular weight is 318 g/mol. The highest BCUT2D eigenvalue weighted by molar-refractivity contribution is 6.36. The molecule has 0 aliphatic carbocycles. The lowest BCUT2D eigenvalue weighted by molar-refractivity contribution is 1.40. The number of nitrogens with one attached hydrogen (secondary N) is 1. The molecule has 0 amide bonds. The molecule has 0 aliphatic rings. The Hall–Kier alpha value is -1.97. The first-order valence-electron chi connectivity index (χ1n) is 6.42. The summed E-state index contributed by atoms with van der Waals surface area (Å²) in [7, 11) is 0. The molecule has 3 aromatic rings. The second-order valence-electron chi connectivity index (χ2n) is 4.81. The number of nitrogens with two attached hydrogens (primary N) is 1. The third kappa shape index (κ3) is 2.62. The van der Waals surface area contributed by atoms with E-state index in [1.165, 1.54) is 0 Å². The number of fused-ring (bicyclic) bond motifs is 1. The molecule has 0 saturated carbocycles. The zero-order chi connectivity index (χ0) is 15.0. The van der Waals surface area contributed by atoms with Crippen molar-refractivity contribution in [2.45, 2.75) is 6.92 Å². The molecular formula is C16H13Cl2N3. The van der Waals surface area contributed by atoms with Crippen LogP contribution in [0.4, 0.5) is 17.1 Å². The van der Waals surface area contributed by atoms with Gasteiger partial charge >= 0.3 is 0 Å². The highest BCUT2D eigenvalue weighted by atomic mass is 35.5. The van der Waals surface area contributed by atoms with Crippen molar-refractivity contribution in [3.05, 3.63) is 58.2 Å². The van der Waals surface area contributed by atoms with Gasteiger partial charge < -0.3 is 11.1 Å². The molecule has 3 rings (SSSR count). The van der Waals surface area contributed by atoms with Gasteiger partial charge in [-0.2, -0.15) is 0 Å². The highest BCUT2D eigenvalue weighted by Gasteiger charge is 2.08. The summed E-state index contributed by atoms with van der Waals surface area (Å²) in [6.45, 7) is 1.92. The predicted molar refractivity (Wildman–Crippen MR) is 90.6 cm³/mol. The predicted octanol–water partition coefficient (Wildman–Crippen LogP) is 5.18. The molecule has 0 saturated heterocycles. The van der Waals surface area contributed by atoms with Gasteiger partial charge in [-0.1, -0.05) is 35.3 Å². The average Bonchev–Trinajstić information content (AvgIpc) is 2.46. The van der Waals surface area contributed by atoms with E-state index >= 15 is 0 Å². The van der Waals surface area contributed by atoms with Gasteiger partial charge in [-0.05, 0) is 36.8 Å². The molecule has 0 bridgehead atoms. The Morgan fingerprint density at radius 3 is 2.67 bits per heavy atom. The number of aryl methyl sites for hydroxylation is 1. The van der Waals surface area contributed by atoms with E-state index < -0.39 is 0 Å². The van der Waals surface area contributed by atoms with Crippen molar-refractivity contribution in [3.8, 4) is 0 Å². The number of anilines is 3. The van der Waals surface area contributed by atoms with E-state index in [1.807, 2.05) is 43.3 Å². The molecule has 1 heterocycles. The van der Waals surface area contributed by atoms with E-state index in [9.17, 15) is 0 Å². The van der Waals surface area contributed by atoms with Crippen LogP contribution in [-0.4, -0.2) is 4.98 Å². The van der Waals surface area contributed by atoms with E-state index in [4.69, 9.17) is 28.9 Å². The van der Waals surface area contributed by atoms with Crippen molar-refractivity contribution in [2.75, 3.05) is 11.1 Å². The van der Waals surface area contributed by atoms with Gasteiger partial charge in [-0.3, -0.25) is 4.98 Å². The minimum atomic E-state index is 0.616. The van der Waals surface area contributed by atoms with Crippen molar-refractivity contribution in [3.63, 3.8) is 0 Å². The number of para-hydroxylation sites is 1. The van der Waals surface area contributed by atoms with Crippen molar-refractivity contribution < 1.29 is 0 Å². The van der Waals surface area contributed by atoms with Crippen LogP contribution in [0.5, 0.6) is 0 Å². The van der Waals surface area contributed by atoms with Crippen LogP contribution in [0.3, 0.4) is 0 Å². The summed E-state index contributed by atoms with van der Waals surface area (Å²) < 4.78 is 0. The first kappa shape index (κ1) is 14.0. The Labute approximate surface area is 132 Å². The van der Waals surface area contributed by atoms with Gasteiger partial charge in [0.15, 0.2) is 0 Å². The van der Waals surface area contributed by atoms with E-state index in [2.05, 4.69) is 10.3 Å². The standard InChI is InChI=1S/C16H13Cl2N3/c1-9-7-12(18)15(8-11(9)17)21-14-5-6-20-16-10(14)3-2-4-13(16)19/h2-8H,19H2,1H3,(H,20,21). The summed E-state index contributed by atoms with van der Waals surface area (Å²) in [6.07, 6.45) is 1.71. The number of pyridine rings is 1. The van der Waals surface area contributed by atoms with Crippen LogP contribution < -0.4 is 11.1 Å². The molecule has 3 N–H and O–H groups in total. The van der Waals surface area contributed by atoms with Crippen molar-refractivity contribution in [1.29, 1.82) is 0 Å². The molecule has 0 fully saturated rings. The Kier molecular flexibility index (Phi) is 3.62. The lowest BCUT2D eigenvalue weighted by atomic mass is 10.1. The third-order valence-corrected chi connectivity index (χ3v) is 4.04. The molecule has 3 nitrogen and oxygen atoms in total. The first-order chi connectivity index (χ1) is 10.1. The summed E-state index contributed by atoms with van der Waals surface area (Å²) >= 11 is 12.4. The summed E-state index contributed by atoms with van der Waals surface area (Å²) in [5, 5.41) is 5.52. The second kappa shape index (κ2) is 5.43. The van der Waals surface area contributed by atoms with Gasteiger partial charge in [0.2, 0.25) is 0 Å². The maximum atomic E-state index is 6.27. The maximum Gasteiger partial charge on any atom is 0.0951 e. The quantitative estimate of drug-likeness (QED) is 0.640. The van der Waals surface area contributed by atoms with Crippen LogP contribution in [0, 0.1) is 6.92 Å². The number of rotatable bonds is 2. The lowest BCUT2D eigenvalue weighted by Gasteiger charge is -2.13. The number of aromatic nitrogens is 1. The molecule has 2 aromatic carbocycles. The molecule has 21 heavy (non-hydrogen) atoms. The lowest BCUT2D eigenvalue weighted by Crippen LogP contribution is -1.96. The largest absolute Gasteiger partial charge is 0.397 e. The second-order valence-corrected chi connectivity index (χ2v) is 5.62. The Morgan fingerprint density at radius 1 is 1.05 bits per heavy atom. The number of halogens is 2. The molecule has 0 radical (unpaired) electrons. The summed E-state index contributed by atoms with van der Waals surface area (Å²) in [6, 6.07) is 11.2. The minimum Gasteiger partial charge on any atom is -0.397 e. The van der Waals surface area contributed by atoms with Crippen molar-refractivity contribution in [2.24, 2.45) is 0 Å². The topological polar surface area (TPSA) is 50.9 Å². The first-order valence-corrected chi connectivity index (χ1v) is 7.18. The van der Waals surface area contributed by atoms with Crippen molar-refractivity contribution in [1.82, 2.24) is 4.98 Å². The Balaban J connectivity index is 2.11. The third-order valence-electron chi connectivity index (χ3n) is 3.32. The van der Waals surface area contributed by atoms with Crippen LogP contribution >= 0.6 is 23.2 Å². The molecular weight excluding hydrogens is 305 g/mol. The molecule has 5 heteroatoms. The van der Waals surface area contributed by atoms with E-state index in [-0.39, 0.29) is 0 Å². The maximum absolute atomic E-state index is 6.27. The van der Waals surface area contributed by atoms with E-state index in [1.54, 1.807) is 6.20 Å². The Bertz CT molecular complexity index is 831. The normalized spacial score (nSPS) is 10.8. The van der Waals surface area contributed by atoms with Crippen LogP contribution in [0.2, 0.25) is 10.0 Å². The van der Waals surface area contributed by atoms with Gasteiger partial charge in [0.25, 0.3) is 0 Å². The zero-order valence-electron chi connectivity index (χ0n) is 11.3. The summed E-state index contributed by atoms with van der Waals surface area (Å²) in [5.74, 6) is 0. The fourth-order valence-corrected chi connectivity index (χ4v) is 2.62. The van der Waals surface area contributed by atoms with Gasteiger partial charge in [-0.25, -0.2) is 0 Å². The molecule has 0 unspecified atom stereocenters. The van der Waals surface area contributed by atoms with Crippen LogP contribution in [0.15, 0.2) is 42.6 Å². The molecule has 106 valence electrons. The number of hydrogen-bond donors (Lipinski definition) is 2. The zero-order valence-corrected chi connectivity index (χ0v) is 12.8. The molecule has 0 aliphatic heterocycles. The van der Waals surface area contributed by atoms with Gasteiger partial charge in [0.05, 0.1) is 21.9 Å². The fraction of sp³-hybridized carbons (Fsp3) is 0.0625. The number of nitrogens with zero attached hydrogens (tertiary/aromatic N) is 1. The van der Waals surface area contributed by atoms with Crippen molar-refractivity contribution >= 4 is 51.2 Å². The van der Waals surface area contributed by atoms with Crippen LogP contribution in [0.1, 0.15) is 5.56 Å².